The molecule has 0 spiro atoms. The molecule has 1 heterocycles. The molecule has 0 bridgehead atoms. The van der Waals surface area contributed by atoms with E-state index in [0.717, 1.165) is 11.1 Å². The molecule has 0 aliphatic rings. The van der Waals surface area contributed by atoms with Crippen molar-refractivity contribution in [3.05, 3.63) is 99.3 Å². The second-order valence-corrected chi connectivity index (χ2v) is 9.86. The highest BCUT2D eigenvalue weighted by molar-refractivity contribution is 7.91. The van der Waals surface area contributed by atoms with E-state index < -0.39 is 15.3 Å². The van der Waals surface area contributed by atoms with Gasteiger partial charge in [0.15, 0.2) is 0 Å². The maximum absolute atomic E-state index is 13.4. The van der Waals surface area contributed by atoms with E-state index in [1.807, 2.05) is 38.1 Å². The maximum atomic E-state index is 13.4. The molecular formula is C25H22ClNO4S. The standard InChI is InChI=1S/C25H22ClNO4S/c1-3-31-20-10-13-23-22(14-20)25(28)24(32(29,30)21-11-8-19(26)9-12-21)16-27(23)15-18-6-4-17(2)5-7-18/h4-14,16H,3,15H2,1-2H3. The number of sulfone groups is 1. The van der Waals surface area contributed by atoms with Crippen LogP contribution in [0.3, 0.4) is 0 Å². The second-order valence-electron chi connectivity index (χ2n) is 7.51. The number of fused-ring (bicyclic) bond motifs is 1. The van der Waals surface area contributed by atoms with Gasteiger partial charge >= 0.3 is 0 Å². The van der Waals surface area contributed by atoms with Crippen LogP contribution in [0.5, 0.6) is 5.75 Å². The highest BCUT2D eigenvalue weighted by atomic mass is 35.5. The number of ether oxygens (including phenoxy) is 1. The Balaban J connectivity index is 1.95. The van der Waals surface area contributed by atoms with Crippen LogP contribution in [0.2, 0.25) is 5.02 Å². The first-order valence-electron chi connectivity index (χ1n) is 10.2. The lowest BCUT2D eigenvalue weighted by atomic mass is 10.1. The van der Waals surface area contributed by atoms with E-state index in [1.165, 1.54) is 30.5 Å². The Morgan fingerprint density at radius 2 is 1.66 bits per heavy atom. The van der Waals surface area contributed by atoms with Gasteiger partial charge in [-0.05, 0) is 61.9 Å². The number of rotatable bonds is 6. The Hall–Kier alpha value is -3.09. The third kappa shape index (κ3) is 4.29. The Morgan fingerprint density at radius 1 is 0.969 bits per heavy atom. The summed E-state index contributed by atoms with van der Waals surface area (Å²) < 4.78 is 34.1. The number of aryl methyl sites for hydroxylation is 1. The summed E-state index contributed by atoms with van der Waals surface area (Å²) in [5.74, 6) is 0.514. The molecule has 0 unspecified atom stereocenters. The van der Waals surface area contributed by atoms with Crippen LogP contribution >= 0.6 is 11.6 Å². The molecule has 164 valence electrons. The van der Waals surface area contributed by atoms with Crippen molar-refractivity contribution in [2.24, 2.45) is 0 Å². The molecule has 0 aliphatic heterocycles. The molecule has 3 aromatic carbocycles. The lowest BCUT2D eigenvalue weighted by molar-refractivity contribution is 0.340. The van der Waals surface area contributed by atoms with E-state index in [1.54, 1.807) is 22.8 Å². The molecule has 0 N–H and O–H groups in total. The minimum absolute atomic E-state index is 0.0150. The largest absolute Gasteiger partial charge is 0.494 e. The van der Waals surface area contributed by atoms with Gasteiger partial charge in [0.25, 0.3) is 0 Å². The Bertz CT molecular complexity index is 1440. The van der Waals surface area contributed by atoms with Crippen molar-refractivity contribution in [3.8, 4) is 5.75 Å². The van der Waals surface area contributed by atoms with E-state index in [9.17, 15) is 13.2 Å². The van der Waals surface area contributed by atoms with Gasteiger partial charge in [0.2, 0.25) is 15.3 Å². The summed E-state index contributed by atoms with van der Waals surface area (Å²) in [5, 5.41) is 0.707. The van der Waals surface area contributed by atoms with E-state index in [4.69, 9.17) is 16.3 Å². The van der Waals surface area contributed by atoms with E-state index in [2.05, 4.69) is 0 Å². The quantitative estimate of drug-likeness (QED) is 0.389. The molecule has 32 heavy (non-hydrogen) atoms. The molecule has 0 atom stereocenters. The molecular weight excluding hydrogens is 446 g/mol. The molecule has 0 amide bonds. The van der Waals surface area contributed by atoms with Crippen LogP contribution < -0.4 is 10.2 Å². The van der Waals surface area contributed by atoms with Crippen molar-refractivity contribution in [2.75, 3.05) is 6.61 Å². The van der Waals surface area contributed by atoms with Gasteiger partial charge in [-0.25, -0.2) is 8.42 Å². The van der Waals surface area contributed by atoms with Crippen molar-refractivity contribution in [2.45, 2.75) is 30.2 Å². The minimum atomic E-state index is -4.06. The molecule has 0 radical (unpaired) electrons. The monoisotopic (exact) mass is 467 g/mol. The molecule has 0 saturated heterocycles. The van der Waals surface area contributed by atoms with Crippen molar-refractivity contribution in [3.63, 3.8) is 0 Å². The molecule has 1 aromatic heterocycles. The van der Waals surface area contributed by atoms with Gasteiger partial charge in [0.1, 0.15) is 10.6 Å². The molecule has 7 heteroatoms. The topological polar surface area (TPSA) is 65.4 Å². The Morgan fingerprint density at radius 3 is 2.31 bits per heavy atom. The summed E-state index contributed by atoms with van der Waals surface area (Å²) in [5.41, 5.74) is 2.20. The Labute approximate surface area is 191 Å². The van der Waals surface area contributed by atoms with Gasteiger partial charge in [-0.15, -0.1) is 0 Å². The van der Waals surface area contributed by atoms with Gasteiger partial charge in [0, 0.05) is 17.8 Å². The predicted molar refractivity (Wildman–Crippen MR) is 127 cm³/mol. The van der Waals surface area contributed by atoms with Crippen molar-refractivity contribution >= 4 is 32.3 Å². The number of hydrogen-bond donors (Lipinski definition) is 0. The average Bonchev–Trinajstić information content (AvgIpc) is 2.77. The molecule has 5 nitrogen and oxygen atoms in total. The zero-order valence-corrected chi connectivity index (χ0v) is 19.3. The van der Waals surface area contributed by atoms with Crippen molar-refractivity contribution in [1.82, 2.24) is 4.57 Å². The normalized spacial score (nSPS) is 11.6. The summed E-state index contributed by atoms with van der Waals surface area (Å²) in [6.07, 6.45) is 1.43. The van der Waals surface area contributed by atoms with Crippen LogP contribution in [0.15, 0.2) is 87.5 Å². The summed E-state index contributed by atoms with van der Waals surface area (Å²) in [6, 6.07) is 18.9. The van der Waals surface area contributed by atoms with Gasteiger partial charge in [0.05, 0.1) is 22.4 Å². The molecule has 0 aliphatic carbocycles. The fourth-order valence-electron chi connectivity index (χ4n) is 3.56. The minimum Gasteiger partial charge on any atom is -0.494 e. The SMILES string of the molecule is CCOc1ccc2c(c1)c(=O)c(S(=O)(=O)c1ccc(Cl)cc1)cn2Cc1ccc(C)cc1. The first kappa shape index (κ1) is 22.1. The summed E-state index contributed by atoms with van der Waals surface area (Å²) >= 11 is 5.92. The average molecular weight is 468 g/mol. The lowest BCUT2D eigenvalue weighted by Gasteiger charge is -2.15. The maximum Gasteiger partial charge on any atom is 0.211 e. The highest BCUT2D eigenvalue weighted by Gasteiger charge is 2.24. The summed E-state index contributed by atoms with van der Waals surface area (Å²) in [7, 11) is -4.06. The first-order chi connectivity index (χ1) is 15.3. The number of nitrogens with zero attached hydrogens (tertiary/aromatic N) is 1. The number of benzene rings is 3. The smallest absolute Gasteiger partial charge is 0.211 e. The number of pyridine rings is 1. The fraction of sp³-hybridized carbons (Fsp3) is 0.160. The van der Waals surface area contributed by atoms with Crippen LogP contribution in [0.4, 0.5) is 0 Å². The fourth-order valence-corrected chi connectivity index (χ4v) is 5.05. The van der Waals surface area contributed by atoms with Crippen molar-refractivity contribution in [1.29, 1.82) is 0 Å². The number of halogens is 1. The van der Waals surface area contributed by atoms with Crippen LogP contribution in [-0.4, -0.2) is 19.6 Å². The van der Waals surface area contributed by atoms with Gasteiger partial charge < -0.3 is 9.30 Å². The van der Waals surface area contributed by atoms with Crippen LogP contribution in [0.1, 0.15) is 18.1 Å². The molecule has 4 aromatic rings. The van der Waals surface area contributed by atoms with Crippen molar-refractivity contribution < 1.29 is 13.2 Å². The van der Waals surface area contributed by atoms with Gasteiger partial charge in [-0.1, -0.05) is 41.4 Å². The van der Waals surface area contributed by atoms with Gasteiger partial charge in [-0.2, -0.15) is 0 Å². The second kappa shape index (κ2) is 8.81. The molecule has 0 fully saturated rings. The van der Waals surface area contributed by atoms with E-state index in [-0.39, 0.29) is 15.2 Å². The molecule has 4 rings (SSSR count). The van der Waals surface area contributed by atoms with Crippen LogP contribution in [0.25, 0.3) is 10.9 Å². The first-order valence-corrected chi connectivity index (χ1v) is 12.0. The zero-order chi connectivity index (χ0) is 22.9. The third-order valence-electron chi connectivity index (χ3n) is 5.22. The van der Waals surface area contributed by atoms with Crippen LogP contribution in [-0.2, 0) is 16.4 Å². The van der Waals surface area contributed by atoms with Gasteiger partial charge in [-0.3, -0.25) is 4.79 Å². The zero-order valence-electron chi connectivity index (χ0n) is 17.7. The van der Waals surface area contributed by atoms with Crippen LogP contribution in [0, 0.1) is 6.92 Å². The van der Waals surface area contributed by atoms with E-state index >= 15 is 0 Å². The third-order valence-corrected chi connectivity index (χ3v) is 7.23. The Kier molecular flexibility index (Phi) is 6.09. The summed E-state index contributed by atoms with van der Waals surface area (Å²) in [4.78, 5) is 13.1. The van der Waals surface area contributed by atoms with E-state index in [0.29, 0.717) is 29.4 Å². The number of aromatic nitrogens is 1. The lowest BCUT2D eigenvalue weighted by Crippen LogP contribution is -2.19. The predicted octanol–water partition coefficient (Wildman–Crippen LogP) is 5.24. The summed E-state index contributed by atoms with van der Waals surface area (Å²) in [6.45, 7) is 4.70. The number of hydrogen-bond acceptors (Lipinski definition) is 4. The molecule has 0 saturated carbocycles. The highest BCUT2D eigenvalue weighted by Crippen LogP contribution is 2.25.